The van der Waals surface area contributed by atoms with E-state index in [1.807, 2.05) is 6.07 Å². The van der Waals surface area contributed by atoms with Crippen molar-refractivity contribution in [1.82, 2.24) is 10.3 Å². The third-order valence-corrected chi connectivity index (χ3v) is 3.34. The van der Waals surface area contributed by atoms with Crippen molar-refractivity contribution in [3.63, 3.8) is 0 Å². The fourth-order valence-corrected chi connectivity index (χ4v) is 2.38. The Kier molecular flexibility index (Phi) is 6.15. The van der Waals surface area contributed by atoms with Gasteiger partial charge in [0.25, 0.3) is 0 Å². The Morgan fingerprint density at radius 1 is 1.24 bits per heavy atom. The van der Waals surface area contributed by atoms with Gasteiger partial charge in [-0.25, -0.2) is 0 Å². The van der Waals surface area contributed by atoms with Gasteiger partial charge < -0.3 is 10.1 Å². The number of benzene rings is 1. The van der Waals surface area contributed by atoms with Crippen LogP contribution in [-0.4, -0.2) is 24.7 Å². The minimum absolute atomic E-state index is 0.615. The van der Waals surface area contributed by atoms with E-state index in [9.17, 15) is 0 Å². The van der Waals surface area contributed by atoms with Crippen molar-refractivity contribution in [3.05, 3.63) is 41.6 Å². The minimum atomic E-state index is 0.615. The summed E-state index contributed by atoms with van der Waals surface area (Å²) in [7, 11) is 0. The summed E-state index contributed by atoms with van der Waals surface area (Å²) in [6.45, 7) is 9.96. The zero-order valence-electron chi connectivity index (χ0n) is 13.4. The second-order valence-electron chi connectivity index (χ2n) is 5.94. The fraction of sp³-hybridized carbons (Fsp3) is 0.500. The highest BCUT2D eigenvalue weighted by Gasteiger charge is 2.03. The van der Waals surface area contributed by atoms with E-state index in [4.69, 9.17) is 4.74 Å². The predicted octanol–water partition coefficient (Wildman–Crippen LogP) is 3.70. The van der Waals surface area contributed by atoms with E-state index in [0.29, 0.717) is 5.92 Å². The summed E-state index contributed by atoms with van der Waals surface area (Å²) >= 11 is 0. The van der Waals surface area contributed by atoms with E-state index in [-0.39, 0.29) is 0 Å². The summed E-state index contributed by atoms with van der Waals surface area (Å²) in [4.78, 5) is 4.57. The number of ether oxygens (including phenoxy) is 1. The summed E-state index contributed by atoms with van der Waals surface area (Å²) < 4.78 is 5.59. The van der Waals surface area contributed by atoms with E-state index in [0.717, 1.165) is 43.9 Å². The molecule has 0 bridgehead atoms. The molecule has 2 aromatic rings. The number of nitrogens with one attached hydrogen (secondary N) is 1. The van der Waals surface area contributed by atoms with Crippen molar-refractivity contribution in [2.75, 3.05) is 19.8 Å². The molecule has 0 aliphatic rings. The molecule has 0 atom stereocenters. The Morgan fingerprint density at radius 3 is 2.86 bits per heavy atom. The number of fused-ring (bicyclic) bond motifs is 1. The summed E-state index contributed by atoms with van der Waals surface area (Å²) in [5, 5.41) is 4.74. The Labute approximate surface area is 127 Å². The van der Waals surface area contributed by atoms with Gasteiger partial charge in [-0.05, 0) is 43.5 Å². The van der Waals surface area contributed by atoms with Crippen LogP contribution in [0.3, 0.4) is 0 Å². The van der Waals surface area contributed by atoms with Crippen molar-refractivity contribution in [1.29, 1.82) is 0 Å². The van der Waals surface area contributed by atoms with E-state index >= 15 is 0 Å². The highest BCUT2D eigenvalue weighted by atomic mass is 16.5. The molecule has 3 nitrogen and oxygen atoms in total. The molecule has 2 rings (SSSR count). The highest BCUT2D eigenvalue weighted by Crippen LogP contribution is 2.17. The van der Waals surface area contributed by atoms with Gasteiger partial charge in [-0.3, -0.25) is 4.98 Å². The lowest BCUT2D eigenvalue weighted by Crippen LogP contribution is -2.17. The van der Waals surface area contributed by atoms with Crippen LogP contribution in [0.4, 0.5) is 0 Å². The SMILES string of the molecule is Cc1cc(CNCCCOCC(C)C)c2ccccc2n1. The van der Waals surface area contributed by atoms with Crippen LogP contribution < -0.4 is 5.32 Å². The average Bonchev–Trinajstić information content (AvgIpc) is 2.45. The molecular formula is C18H26N2O. The molecule has 0 unspecified atom stereocenters. The van der Waals surface area contributed by atoms with Gasteiger partial charge in [-0.1, -0.05) is 32.0 Å². The first kappa shape index (κ1) is 15.9. The highest BCUT2D eigenvalue weighted by molar-refractivity contribution is 5.82. The molecule has 1 aromatic heterocycles. The van der Waals surface area contributed by atoms with Gasteiger partial charge in [0.1, 0.15) is 0 Å². The molecule has 1 aromatic carbocycles. The van der Waals surface area contributed by atoms with Gasteiger partial charge >= 0.3 is 0 Å². The Hall–Kier alpha value is -1.45. The van der Waals surface area contributed by atoms with Crippen molar-refractivity contribution >= 4 is 10.9 Å². The molecule has 21 heavy (non-hydrogen) atoms. The lowest BCUT2D eigenvalue weighted by Gasteiger charge is -2.10. The molecule has 0 saturated carbocycles. The number of hydrogen-bond donors (Lipinski definition) is 1. The predicted molar refractivity (Wildman–Crippen MR) is 88.5 cm³/mol. The number of rotatable bonds is 8. The molecule has 0 aliphatic carbocycles. The largest absolute Gasteiger partial charge is 0.381 e. The van der Waals surface area contributed by atoms with Gasteiger partial charge in [0.15, 0.2) is 0 Å². The van der Waals surface area contributed by atoms with E-state index in [1.54, 1.807) is 0 Å². The summed E-state index contributed by atoms with van der Waals surface area (Å²) in [6.07, 6.45) is 1.05. The maximum atomic E-state index is 5.59. The molecule has 0 aliphatic heterocycles. The van der Waals surface area contributed by atoms with Gasteiger partial charge in [0.05, 0.1) is 5.52 Å². The molecule has 114 valence electrons. The van der Waals surface area contributed by atoms with Gasteiger partial charge in [0, 0.05) is 30.8 Å². The zero-order chi connectivity index (χ0) is 15.1. The van der Waals surface area contributed by atoms with Crippen LogP contribution in [0.5, 0.6) is 0 Å². The van der Waals surface area contributed by atoms with Crippen molar-refractivity contribution in [2.45, 2.75) is 33.7 Å². The Morgan fingerprint density at radius 2 is 2.05 bits per heavy atom. The quantitative estimate of drug-likeness (QED) is 0.751. The molecule has 3 heteroatoms. The van der Waals surface area contributed by atoms with Gasteiger partial charge in [-0.2, -0.15) is 0 Å². The monoisotopic (exact) mass is 286 g/mol. The number of aromatic nitrogens is 1. The second-order valence-corrected chi connectivity index (χ2v) is 5.94. The molecule has 1 heterocycles. The van der Waals surface area contributed by atoms with Crippen LogP contribution in [-0.2, 0) is 11.3 Å². The molecule has 1 N–H and O–H groups in total. The van der Waals surface area contributed by atoms with Gasteiger partial charge in [-0.15, -0.1) is 0 Å². The minimum Gasteiger partial charge on any atom is -0.381 e. The van der Waals surface area contributed by atoms with E-state index in [1.165, 1.54) is 10.9 Å². The Balaban J connectivity index is 1.81. The van der Waals surface area contributed by atoms with Crippen LogP contribution in [0.1, 0.15) is 31.5 Å². The van der Waals surface area contributed by atoms with Crippen LogP contribution in [0.25, 0.3) is 10.9 Å². The lowest BCUT2D eigenvalue weighted by atomic mass is 10.1. The first-order valence-corrected chi connectivity index (χ1v) is 7.80. The number of pyridine rings is 1. The maximum Gasteiger partial charge on any atom is 0.0708 e. The molecule has 0 spiro atoms. The van der Waals surface area contributed by atoms with E-state index in [2.05, 4.69) is 55.3 Å². The third-order valence-electron chi connectivity index (χ3n) is 3.34. The second kappa shape index (κ2) is 8.11. The number of hydrogen-bond acceptors (Lipinski definition) is 3. The molecule has 0 saturated heterocycles. The summed E-state index contributed by atoms with van der Waals surface area (Å²) in [5.74, 6) is 0.615. The zero-order valence-corrected chi connectivity index (χ0v) is 13.4. The number of para-hydroxylation sites is 1. The van der Waals surface area contributed by atoms with Crippen LogP contribution in [0.15, 0.2) is 30.3 Å². The lowest BCUT2D eigenvalue weighted by molar-refractivity contribution is 0.108. The van der Waals surface area contributed by atoms with Crippen molar-refractivity contribution < 1.29 is 4.74 Å². The number of nitrogens with zero attached hydrogens (tertiary/aromatic N) is 1. The van der Waals surface area contributed by atoms with Crippen LogP contribution in [0, 0.1) is 12.8 Å². The van der Waals surface area contributed by atoms with Gasteiger partial charge in [0.2, 0.25) is 0 Å². The molecule has 0 fully saturated rings. The number of aryl methyl sites for hydroxylation is 1. The van der Waals surface area contributed by atoms with Crippen LogP contribution >= 0.6 is 0 Å². The third kappa shape index (κ3) is 5.10. The Bertz CT molecular complexity index is 566. The first-order valence-electron chi connectivity index (χ1n) is 7.80. The molecular weight excluding hydrogens is 260 g/mol. The van der Waals surface area contributed by atoms with E-state index < -0.39 is 0 Å². The summed E-state index contributed by atoms with van der Waals surface area (Å²) in [6, 6.07) is 10.5. The topological polar surface area (TPSA) is 34.1 Å². The van der Waals surface area contributed by atoms with Crippen molar-refractivity contribution in [2.24, 2.45) is 5.92 Å². The smallest absolute Gasteiger partial charge is 0.0708 e. The average molecular weight is 286 g/mol. The first-order chi connectivity index (χ1) is 10.2. The standard InChI is InChI=1S/C18H26N2O/c1-14(2)13-21-10-6-9-19-12-16-11-15(3)20-18-8-5-4-7-17(16)18/h4-5,7-8,11,14,19H,6,9-10,12-13H2,1-3H3. The fourth-order valence-electron chi connectivity index (χ4n) is 2.38. The van der Waals surface area contributed by atoms with Crippen LogP contribution in [0.2, 0.25) is 0 Å². The summed E-state index contributed by atoms with van der Waals surface area (Å²) in [5.41, 5.74) is 3.47. The molecule has 0 amide bonds. The normalized spacial score (nSPS) is 11.4. The maximum absolute atomic E-state index is 5.59. The van der Waals surface area contributed by atoms with Crippen molar-refractivity contribution in [3.8, 4) is 0 Å². The molecule has 0 radical (unpaired) electrons.